The summed E-state index contributed by atoms with van der Waals surface area (Å²) in [5.74, 6) is -4.90. The lowest BCUT2D eigenvalue weighted by Crippen LogP contribution is -2.29. The molecule has 1 rings (SSSR count). The summed E-state index contributed by atoms with van der Waals surface area (Å²) >= 11 is 0. The molecule has 2 N–H and O–H groups in total. The monoisotopic (exact) mass is 205 g/mol. The Morgan fingerprint density at radius 2 is 1.79 bits per heavy atom. The van der Waals surface area contributed by atoms with Gasteiger partial charge in [0.15, 0.2) is 0 Å². The van der Waals surface area contributed by atoms with E-state index in [1.807, 2.05) is 10.6 Å². The first-order valence-electron chi connectivity index (χ1n) is 3.99. The van der Waals surface area contributed by atoms with Crippen molar-refractivity contribution in [2.24, 2.45) is 4.99 Å². The van der Waals surface area contributed by atoms with E-state index in [9.17, 15) is 18.4 Å². The van der Waals surface area contributed by atoms with E-state index in [0.29, 0.717) is 0 Å². The molecule has 0 aromatic carbocycles. The zero-order valence-corrected chi connectivity index (χ0v) is 7.43. The van der Waals surface area contributed by atoms with Crippen LogP contribution in [0.5, 0.6) is 0 Å². The van der Waals surface area contributed by atoms with Gasteiger partial charge in [-0.05, 0) is 0 Å². The van der Waals surface area contributed by atoms with Crippen LogP contribution in [-0.4, -0.2) is 30.2 Å². The molecular formula is C7H9F2N3O2. The van der Waals surface area contributed by atoms with Gasteiger partial charge in [0.25, 0.3) is 5.92 Å². The number of carbonyl (C=O) groups excluding carboxylic acids is 2. The van der Waals surface area contributed by atoms with E-state index in [-0.39, 0.29) is 12.4 Å². The van der Waals surface area contributed by atoms with Crippen molar-refractivity contribution in [3.8, 4) is 0 Å². The summed E-state index contributed by atoms with van der Waals surface area (Å²) < 4.78 is 25.3. The van der Waals surface area contributed by atoms with Crippen LogP contribution >= 0.6 is 0 Å². The topological polar surface area (TPSA) is 70.6 Å². The van der Waals surface area contributed by atoms with Gasteiger partial charge in [0.1, 0.15) is 6.54 Å². The second-order valence-electron chi connectivity index (χ2n) is 2.78. The number of carbonyl (C=O) groups is 2. The fourth-order valence-electron chi connectivity index (χ4n) is 0.745. The van der Waals surface area contributed by atoms with Gasteiger partial charge >= 0.3 is 11.8 Å². The normalized spacial score (nSPS) is 16.6. The van der Waals surface area contributed by atoms with Gasteiger partial charge in [0.2, 0.25) is 5.96 Å². The van der Waals surface area contributed by atoms with E-state index in [1.165, 1.54) is 6.92 Å². The average molecular weight is 205 g/mol. The predicted molar refractivity (Wildman–Crippen MR) is 43.8 cm³/mol. The Bertz CT molecular complexity index is 283. The van der Waals surface area contributed by atoms with Crippen LogP contribution in [-0.2, 0) is 9.59 Å². The summed E-state index contributed by atoms with van der Waals surface area (Å²) in [5.41, 5.74) is 0. The van der Waals surface area contributed by atoms with Crippen molar-refractivity contribution in [3.05, 3.63) is 0 Å². The summed E-state index contributed by atoms with van der Waals surface area (Å²) in [6.45, 7) is 0.575. The van der Waals surface area contributed by atoms with E-state index in [0.717, 1.165) is 0 Å². The van der Waals surface area contributed by atoms with Crippen LogP contribution in [0.25, 0.3) is 0 Å². The molecule has 0 spiro atoms. The minimum Gasteiger partial charge on any atom is -0.288 e. The third kappa shape index (κ3) is 2.48. The van der Waals surface area contributed by atoms with Crippen LogP contribution in [0.2, 0.25) is 0 Å². The van der Waals surface area contributed by atoms with Crippen LogP contribution < -0.4 is 10.6 Å². The van der Waals surface area contributed by atoms with Gasteiger partial charge in [0.05, 0.1) is 0 Å². The van der Waals surface area contributed by atoms with E-state index in [1.54, 1.807) is 0 Å². The number of rotatable bonds is 3. The molecule has 78 valence electrons. The molecule has 0 saturated carbocycles. The SMILES string of the molecule is CCC(F)(F)CN=C1NC(=O)C(=O)N1. The lowest BCUT2D eigenvalue weighted by molar-refractivity contribution is -0.135. The van der Waals surface area contributed by atoms with Gasteiger partial charge < -0.3 is 0 Å². The Morgan fingerprint density at radius 3 is 2.21 bits per heavy atom. The van der Waals surface area contributed by atoms with E-state index < -0.39 is 24.3 Å². The van der Waals surface area contributed by atoms with Crippen LogP contribution in [0.15, 0.2) is 4.99 Å². The van der Waals surface area contributed by atoms with E-state index in [4.69, 9.17) is 0 Å². The van der Waals surface area contributed by atoms with Gasteiger partial charge in [-0.1, -0.05) is 6.92 Å². The molecule has 2 amide bonds. The summed E-state index contributed by atoms with van der Waals surface area (Å²) in [6.07, 6.45) is -0.342. The second-order valence-corrected chi connectivity index (χ2v) is 2.78. The molecule has 1 aliphatic rings. The minimum atomic E-state index is -2.91. The van der Waals surface area contributed by atoms with Gasteiger partial charge in [-0.2, -0.15) is 0 Å². The predicted octanol–water partition coefficient (Wildman–Crippen LogP) is -0.366. The highest BCUT2D eigenvalue weighted by Gasteiger charge is 2.29. The zero-order chi connectivity index (χ0) is 10.8. The number of amides is 2. The summed E-state index contributed by atoms with van der Waals surface area (Å²) in [7, 11) is 0. The highest BCUT2D eigenvalue weighted by molar-refractivity contribution is 6.45. The van der Waals surface area contributed by atoms with Crippen molar-refractivity contribution in [2.45, 2.75) is 19.3 Å². The highest BCUT2D eigenvalue weighted by atomic mass is 19.3. The van der Waals surface area contributed by atoms with Crippen LogP contribution in [0.4, 0.5) is 8.78 Å². The standard InChI is InChI=1S/C7H9F2N3O2/c1-2-7(8,9)3-10-6-11-4(13)5(14)12-6/h2-3H2,1H3,(H2,10,11,12,13,14). The zero-order valence-electron chi connectivity index (χ0n) is 7.43. The molecule has 0 radical (unpaired) electrons. The quantitative estimate of drug-likeness (QED) is 0.617. The summed E-state index contributed by atoms with van der Waals surface area (Å²) in [5, 5.41) is 4.03. The maximum atomic E-state index is 12.7. The van der Waals surface area contributed by atoms with Crippen LogP contribution in [0.1, 0.15) is 13.3 Å². The number of aliphatic imine (C=N–C) groups is 1. The van der Waals surface area contributed by atoms with Crippen molar-refractivity contribution in [1.29, 1.82) is 0 Å². The van der Waals surface area contributed by atoms with Crippen LogP contribution in [0, 0.1) is 0 Å². The third-order valence-corrected chi connectivity index (χ3v) is 1.66. The first kappa shape index (κ1) is 10.6. The Balaban J connectivity index is 2.56. The van der Waals surface area contributed by atoms with Crippen molar-refractivity contribution in [2.75, 3.05) is 6.54 Å². The van der Waals surface area contributed by atoms with E-state index >= 15 is 0 Å². The van der Waals surface area contributed by atoms with Gasteiger partial charge in [0, 0.05) is 6.42 Å². The van der Waals surface area contributed by atoms with Crippen LogP contribution in [0.3, 0.4) is 0 Å². The van der Waals surface area contributed by atoms with Crippen molar-refractivity contribution in [1.82, 2.24) is 10.6 Å². The molecule has 0 aromatic heterocycles. The molecule has 7 heteroatoms. The smallest absolute Gasteiger partial charge is 0.288 e. The number of halogens is 2. The molecule has 0 aliphatic carbocycles. The molecule has 5 nitrogen and oxygen atoms in total. The molecular weight excluding hydrogens is 196 g/mol. The number of nitrogens with one attached hydrogen (secondary N) is 2. The first-order valence-corrected chi connectivity index (χ1v) is 3.99. The van der Waals surface area contributed by atoms with Gasteiger partial charge in [-0.15, -0.1) is 0 Å². The summed E-state index contributed by atoms with van der Waals surface area (Å²) in [4.78, 5) is 24.5. The van der Waals surface area contributed by atoms with Crippen molar-refractivity contribution < 1.29 is 18.4 Å². The first-order chi connectivity index (χ1) is 6.44. The summed E-state index contributed by atoms with van der Waals surface area (Å²) in [6, 6.07) is 0. The molecule has 14 heavy (non-hydrogen) atoms. The second kappa shape index (κ2) is 3.69. The molecule has 0 atom stereocenters. The number of hydrogen-bond acceptors (Lipinski definition) is 3. The third-order valence-electron chi connectivity index (χ3n) is 1.66. The minimum absolute atomic E-state index is 0.215. The van der Waals surface area contributed by atoms with Gasteiger partial charge in [-0.3, -0.25) is 20.2 Å². The largest absolute Gasteiger partial charge is 0.316 e. The van der Waals surface area contributed by atoms with E-state index in [2.05, 4.69) is 4.99 Å². The number of hydrogen-bond donors (Lipinski definition) is 2. The number of guanidine groups is 1. The number of alkyl halides is 2. The molecule has 1 heterocycles. The molecule has 0 aromatic rings. The number of nitrogens with zero attached hydrogens (tertiary/aromatic N) is 1. The Morgan fingerprint density at radius 1 is 1.29 bits per heavy atom. The fraction of sp³-hybridized carbons (Fsp3) is 0.571. The lowest BCUT2D eigenvalue weighted by Gasteiger charge is -2.10. The molecule has 0 bridgehead atoms. The van der Waals surface area contributed by atoms with Crippen molar-refractivity contribution >= 4 is 17.8 Å². The fourth-order valence-corrected chi connectivity index (χ4v) is 0.745. The Kier molecular flexibility index (Phi) is 2.78. The maximum Gasteiger partial charge on any atom is 0.316 e. The Hall–Kier alpha value is -1.53. The Labute approximate surface area is 78.6 Å². The molecule has 1 fully saturated rings. The molecule has 1 aliphatic heterocycles. The highest BCUT2D eigenvalue weighted by Crippen LogP contribution is 2.17. The maximum absolute atomic E-state index is 12.7. The van der Waals surface area contributed by atoms with Gasteiger partial charge in [-0.25, -0.2) is 13.8 Å². The van der Waals surface area contributed by atoms with Crippen molar-refractivity contribution in [3.63, 3.8) is 0 Å². The molecule has 1 saturated heterocycles. The lowest BCUT2D eigenvalue weighted by atomic mass is 10.3. The molecule has 0 unspecified atom stereocenters. The average Bonchev–Trinajstić information content (AvgIpc) is 2.44.